The number of rotatable bonds is 5. The highest BCUT2D eigenvalue weighted by molar-refractivity contribution is 5.76. The van der Waals surface area contributed by atoms with Crippen LogP contribution in [0.25, 0.3) is 0 Å². The van der Waals surface area contributed by atoms with Gasteiger partial charge < -0.3 is 15.2 Å². The van der Waals surface area contributed by atoms with Crippen LogP contribution >= 0.6 is 0 Å². The Morgan fingerprint density at radius 3 is 2.70 bits per heavy atom. The summed E-state index contributed by atoms with van der Waals surface area (Å²) in [6.07, 6.45) is 2.84. The molecule has 1 aliphatic heterocycles. The zero-order valence-electron chi connectivity index (χ0n) is 11.2. The maximum Gasteiger partial charge on any atom is 0.308 e. The first-order chi connectivity index (χ1) is 9.63. The molecule has 1 aromatic rings. The number of aliphatic hydroxyl groups is 1. The molecule has 1 saturated heterocycles. The van der Waals surface area contributed by atoms with Crippen molar-refractivity contribution < 1.29 is 19.4 Å². The largest absolute Gasteiger partial charge is 0.457 e. The van der Waals surface area contributed by atoms with Gasteiger partial charge in [0.2, 0.25) is 0 Å². The van der Waals surface area contributed by atoms with E-state index in [2.05, 4.69) is 5.32 Å². The van der Waals surface area contributed by atoms with Gasteiger partial charge in [-0.1, -0.05) is 12.2 Å². The third-order valence-electron chi connectivity index (χ3n) is 3.18. The fourth-order valence-corrected chi connectivity index (χ4v) is 2.20. The molecule has 0 aliphatic carbocycles. The number of carbonyl (C=O) groups excluding carboxylic acids is 2. The molecule has 0 amide bonds. The van der Waals surface area contributed by atoms with Gasteiger partial charge in [-0.15, -0.1) is 0 Å². The molecule has 0 aromatic heterocycles. The van der Waals surface area contributed by atoms with Crippen LogP contribution in [-0.2, 0) is 9.53 Å². The van der Waals surface area contributed by atoms with Crippen LogP contribution in [0.1, 0.15) is 23.7 Å². The molecule has 0 bridgehead atoms. The molecule has 5 heteroatoms. The SMILES string of the molecule is C/C=C/C(O)C1OC(=O)CC1Nc1ccc(C=O)cc1. The highest BCUT2D eigenvalue weighted by atomic mass is 16.6. The molecule has 3 atom stereocenters. The predicted octanol–water partition coefficient (Wildman–Crippen LogP) is 1.53. The van der Waals surface area contributed by atoms with Gasteiger partial charge in [0.1, 0.15) is 12.4 Å². The molecular formula is C15H17NO4. The molecule has 0 saturated carbocycles. The minimum atomic E-state index is -0.835. The van der Waals surface area contributed by atoms with Gasteiger partial charge in [0.05, 0.1) is 12.5 Å². The summed E-state index contributed by atoms with van der Waals surface area (Å²) in [6.45, 7) is 1.79. The lowest BCUT2D eigenvalue weighted by Crippen LogP contribution is -2.38. The number of benzene rings is 1. The maximum absolute atomic E-state index is 11.4. The summed E-state index contributed by atoms with van der Waals surface area (Å²) in [5, 5.41) is 13.1. The molecule has 20 heavy (non-hydrogen) atoms. The fourth-order valence-electron chi connectivity index (χ4n) is 2.20. The van der Waals surface area contributed by atoms with Crippen LogP contribution in [0.15, 0.2) is 36.4 Å². The first-order valence-electron chi connectivity index (χ1n) is 6.46. The second kappa shape index (κ2) is 6.34. The molecule has 5 nitrogen and oxygen atoms in total. The Morgan fingerprint density at radius 1 is 1.40 bits per heavy atom. The van der Waals surface area contributed by atoms with Crippen molar-refractivity contribution >= 4 is 17.9 Å². The molecule has 1 aliphatic rings. The van der Waals surface area contributed by atoms with Crippen molar-refractivity contribution in [2.24, 2.45) is 0 Å². The number of nitrogens with one attached hydrogen (secondary N) is 1. The van der Waals surface area contributed by atoms with Crippen LogP contribution in [0.2, 0.25) is 0 Å². The molecular weight excluding hydrogens is 258 g/mol. The van der Waals surface area contributed by atoms with Crippen LogP contribution in [0.4, 0.5) is 5.69 Å². The van der Waals surface area contributed by atoms with Crippen molar-refractivity contribution in [2.45, 2.75) is 31.6 Å². The average molecular weight is 275 g/mol. The number of ether oxygens (including phenoxy) is 1. The zero-order valence-corrected chi connectivity index (χ0v) is 11.2. The number of hydrogen-bond acceptors (Lipinski definition) is 5. The van der Waals surface area contributed by atoms with E-state index in [-0.39, 0.29) is 18.4 Å². The maximum atomic E-state index is 11.4. The Hall–Kier alpha value is -2.14. The van der Waals surface area contributed by atoms with Crippen molar-refractivity contribution in [3.63, 3.8) is 0 Å². The van der Waals surface area contributed by atoms with Crippen LogP contribution in [-0.4, -0.2) is 35.6 Å². The number of carbonyl (C=O) groups is 2. The van der Waals surface area contributed by atoms with E-state index in [1.165, 1.54) is 0 Å². The summed E-state index contributed by atoms with van der Waals surface area (Å²) >= 11 is 0. The van der Waals surface area contributed by atoms with E-state index in [9.17, 15) is 14.7 Å². The fraction of sp³-hybridized carbons (Fsp3) is 0.333. The Bertz CT molecular complexity index is 509. The normalized spacial score (nSPS) is 23.6. The van der Waals surface area contributed by atoms with E-state index < -0.39 is 12.2 Å². The number of hydrogen-bond donors (Lipinski definition) is 2. The van der Waals surface area contributed by atoms with Crippen molar-refractivity contribution in [3.8, 4) is 0 Å². The number of aliphatic hydroxyl groups excluding tert-OH is 1. The van der Waals surface area contributed by atoms with Crippen molar-refractivity contribution in [3.05, 3.63) is 42.0 Å². The lowest BCUT2D eigenvalue weighted by molar-refractivity contribution is -0.144. The second-order valence-corrected chi connectivity index (χ2v) is 4.67. The third-order valence-corrected chi connectivity index (χ3v) is 3.18. The Morgan fingerprint density at radius 2 is 2.10 bits per heavy atom. The van der Waals surface area contributed by atoms with E-state index in [0.29, 0.717) is 5.56 Å². The molecule has 1 fully saturated rings. The average Bonchev–Trinajstić information content (AvgIpc) is 2.81. The Balaban J connectivity index is 2.08. The second-order valence-electron chi connectivity index (χ2n) is 4.67. The van der Waals surface area contributed by atoms with Gasteiger partial charge in [-0.25, -0.2) is 0 Å². The highest BCUT2D eigenvalue weighted by Gasteiger charge is 2.38. The minimum absolute atomic E-state index is 0.203. The molecule has 1 heterocycles. The van der Waals surface area contributed by atoms with Gasteiger partial charge in [0.15, 0.2) is 6.10 Å². The van der Waals surface area contributed by atoms with Gasteiger partial charge in [-0.05, 0) is 31.2 Å². The highest BCUT2D eigenvalue weighted by Crippen LogP contribution is 2.23. The van der Waals surface area contributed by atoms with E-state index in [1.807, 2.05) is 0 Å². The quantitative estimate of drug-likeness (QED) is 0.484. The van der Waals surface area contributed by atoms with Crippen LogP contribution in [0.5, 0.6) is 0 Å². The molecule has 3 unspecified atom stereocenters. The molecule has 1 aromatic carbocycles. The van der Waals surface area contributed by atoms with Gasteiger partial charge in [-0.3, -0.25) is 9.59 Å². The number of cyclic esters (lactones) is 1. The lowest BCUT2D eigenvalue weighted by Gasteiger charge is -2.22. The number of allylic oxidation sites excluding steroid dienone is 1. The monoisotopic (exact) mass is 275 g/mol. The Kier molecular flexibility index (Phi) is 4.53. The molecule has 0 spiro atoms. The van der Waals surface area contributed by atoms with Gasteiger partial charge in [0.25, 0.3) is 0 Å². The summed E-state index contributed by atoms with van der Waals surface area (Å²) in [4.78, 5) is 22.0. The minimum Gasteiger partial charge on any atom is -0.457 e. The van der Waals surface area contributed by atoms with Crippen molar-refractivity contribution in [1.29, 1.82) is 0 Å². The number of esters is 1. The summed E-state index contributed by atoms with van der Waals surface area (Å²) in [5.41, 5.74) is 1.36. The smallest absolute Gasteiger partial charge is 0.308 e. The van der Waals surface area contributed by atoms with Crippen LogP contribution in [0.3, 0.4) is 0 Å². The Labute approximate surface area is 117 Å². The van der Waals surface area contributed by atoms with Gasteiger partial charge in [0, 0.05) is 11.3 Å². The van der Waals surface area contributed by atoms with E-state index in [4.69, 9.17) is 4.74 Å². The topological polar surface area (TPSA) is 75.6 Å². The first-order valence-corrected chi connectivity index (χ1v) is 6.46. The summed E-state index contributed by atoms with van der Waals surface area (Å²) in [6, 6.07) is 6.59. The predicted molar refractivity (Wildman–Crippen MR) is 74.6 cm³/mol. The summed E-state index contributed by atoms with van der Waals surface area (Å²) in [5.74, 6) is -0.333. The molecule has 0 radical (unpaired) electrons. The lowest BCUT2D eigenvalue weighted by atomic mass is 10.0. The van der Waals surface area contributed by atoms with Gasteiger partial charge >= 0.3 is 5.97 Å². The molecule has 2 rings (SSSR count). The zero-order chi connectivity index (χ0) is 14.5. The van der Waals surface area contributed by atoms with E-state index >= 15 is 0 Å². The number of anilines is 1. The number of aldehydes is 1. The molecule has 2 N–H and O–H groups in total. The third kappa shape index (κ3) is 3.24. The standard InChI is InChI=1S/C15H17NO4/c1-2-3-13(18)15-12(8-14(19)20-15)16-11-6-4-10(9-17)5-7-11/h2-7,9,12-13,15-16,18H,8H2,1H3/b3-2+. The van der Waals surface area contributed by atoms with E-state index in [0.717, 1.165) is 12.0 Å². The van der Waals surface area contributed by atoms with Gasteiger partial charge in [-0.2, -0.15) is 0 Å². The van der Waals surface area contributed by atoms with Crippen molar-refractivity contribution in [1.82, 2.24) is 0 Å². The summed E-state index contributed by atoms with van der Waals surface area (Å²) in [7, 11) is 0. The van der Waals surface area contributed by atoms with Crippen LogP contribution < -0.4 is 5.32 Å². The first kappa shape index (κ1) is 14.3. The molecule has 106 valence electrons. The van der Waals surface area contributed by atoms with E-state index in [1.54, 1.807) is 43.3 Å². The van der Waals surface area contributed by atoms with Crippen LogP contribution in [0, 0.1) is 0 Å². The summed E-state index contributed by atoms with van der Waals surface area (Å²) < 4.78 is 5.15. The van der Waals surface area contributed by atoms with Crippen molar-refractivity contribution in [2.75, 3.05) is 5.32 Å².